The van der Waals surface area contributed by atoms with E-state index in [9.17, 15) is 21.6 Å². The molecule has 0 aliphatic carbocycles. The van der Waals surface area contributed by atoms with Crippen LogP contribution in [0, 0.1) is 0 Å². The number of imidazole rings is 1. The maximum absolute atomic E-state index is 13.7. The highest BCUT2D eigenvalue weighted by Crippen LogP contribution is 2.36. The molecule has 35 heavy (non-hydrogen) atoms. The van der Waals surface area contributed by atoms with Crippen molar-refractivity contribution in [2.45, 2.75) is 31.6 Å². The van der Waals surface area contributed by atoms with Crippen LogP contribution < -0.4 is 11.1 Å². The van der Waals surface area contributed by atoms with Gasteiger partial charge in [0.15, 0.2) is 0 Å². The summed E-state index contributed by atoms with van der Waals surface area (Å²) in [6.45, 7) is 0.907. The van der Waals surface area contributed by atoms with Gasteiger partial charge in [-0.05, 0) is 30.5 Å². The zero-order valence-corrected chi connectivity index (χ0v) is 20.2. The molecule has 9 nitrogen and oxygen atoms in total. The summed E-state index contributed by atoms with van der Waals surface area (Å²) < 4.78 is 67.4. The van der Waals surface area contributed by atoms with Crippen molar-refractivity contribution in [2.75, 3.05) is 24.7 Å². The van der Waals surface area contributed by atoms with Gasteiger partial charge in [0, 0.05) is 38.1 Å². The van der Waals surface area contributed by atoms with Crippen molar-refractivity contribution in [2.24, 2.45) is 5.73 Å². The zero-order valence-electron chi connectivity index (χ0n) is 18.6. The topological polar surface area (TPSA) is 119 Å². The summed E-state index contributed by atoms with van der Waals surface area (Å²) in [6, 6.07) is 4.97. The second kappa shape index (κ2) is 9.72. The monoisotopic (exact) mass is 529 g/mol. The quantitative estimate of drug-likeness (QED) is 0.503. The summed E-state index contributed by atoms with van der Waals surface area (Å²) in [6.07, 6.45) is 0.879. The Kier molecular flexibility index (Phi) is 7.04. The number of alkyl halides is 3. The molecule has 1 aromatic carbocycles. The van der Waals surface area contributed by atoms with E-state index in [1.54, 1.807) is 18.2 Å². The third-order valence-electron chi connectivity index (χ3n) is 5.70. The molecule has 0 spiro atoms. The van der Waals surface area contributed by atoms with Crippen molar-refractivity contribution in [3.63, 3.8) is 0 Å². The van der Waals surface area contributed by atoms with Crippen molar-refractivity contribution in [1.82, 2.24) is 23.8 Å². The zero-order chi connectivity index (χ0) is 25.4. The molecule has 0 saturated carbocycles. The molecule has 0 bridgehead atoms. The highest BCUT2D eigenvalue weighted by Gasteiger charge is 2.36. The highest BCUT2D eigenvalue weighted by atomic mass is 35.5. The number of piperidine rings is 1. The number of aromatic nitrogens is 4. The van der Waals surface area contributed by atoms with Crippen LogP contribution in [-0.2, 0) is 22.7 Å². The van der Waals surface area contributed by atoms with E-state index in [2.05, 4.69) is 20.3 Å². The third kappa shape index (κ3) is 5.74. The Bertz CT molecular complexity index is 1320. The summed E-state index contributed by atoms with van der Waals surface area (Å²) in [5, 5.41) is 3.40. The van der Waals surface area contributed by atoms with Crippen LogP contribution in [0.25, 0.3) is 17.1 Å². The Morgan fingerprint density at radius 1 is 1.23 bits per heavy atom. The van der Waals surface area contributed by atoms with Crippen molar-refractivity contribution >= 4 is 27.6 Å². The molecule has 1 aliphatic rings. The van der Waals surface area contributed by atoms with E-state index < -0.39 is 21.8 Å². The minimum atomic E-state index is -4.70. The number of hydrogen-bond donors (Lipinski definition) is 2. The Labute approximate surface area is 205 Å². The molecule has 1 saturated heterocycles. The molecule has 0 radical (unpaired) electrons. The summed E-state index contributed by atoms with van der Waals surface area (Å²) in [5.41, 5.74) is 5.55. The lowest BCUT2D eigenvalue weighted by Gasteiger charge is -2.30. The standard InChI is InChI=1S/C21H23ClF3N7O2S/c1-35(33,34)32-6-4-14(5-7-32)29-20-27-10-15(21(23,24)25)19(30-20)17-11-31(12-28-17)18-3-2-13(9-26)8-16(18)22/h2-3,8,10-12,14H,4-7,9,26H2,1H3,(H,27,29,30). The molecule has 4 rings (SSSR count). The molecule has 1 fully saturated rings. The number of halogens is 4. The van der Waals surface area contributed by atoms with Crippen LogP contribution in [-0.4, -0.2) is 57.6 Å². The average Bonchev–Trinajstić information content (AvgIpc) is 3.28. The summed E-state index contributed by atoms with van der Waals surface area (Å²) in [5.74, 6) is 0.00527. The Morgan fingerprint density at radius 3 is 2.54 bits per heavy atom. The third-order valence-corrected chi connectivity index (χ3v) is 7.31. The fourth-order valence-corrected chi connectivity index (χ4v) is 5.01. The fraction of sp³-hybridized carbons (Fsp3) is 0.381. The lowest BCUT2D eigenvalue weighted by atomic mass is 10.1. The van der Waals surface area contributed by atoms with Gasteiger partial charge in [-0.25, -0.2) is 27.7 Å². The molecule has 3 aromatic rings. The minimum absolute atomic E-state index is 0.00527. The Morgan fingerprint density at radius 2 is 1.94 bits per heavy atom. The first-order valence-corrected chi connectivity index (χ1v) is 12.9. The van der Waals surface area contributed by atoms with E-state index in [1.165, 1.54) is 21.4 Å². The van der Waals surface area contributed by atoms with Crippen LogP contribution in [0.2, 0.25) is 5.02 Å². The smallest absolute Gasteiger partial charge is 0.351 e. The molecule has 3 N–H and O–H groups in total. The number of hydrogen-bond acceptors (Lipinski definition) is 7. The van der Waals surface area contributed by atoms with Gasteiger partial charge in [0.1, 0.15) is 23.3 Å². The van der Waals surface area contributed by atoms with E-state index in [1.807, 2.05) is 0 Å². The van der Waals surface area contributed by atoms with Gasteiger partial charge in [0.25, 0.3) is 0 Å². The molecule has 1 aliphatic heterocycles. The number of nitrogens with zero attached hydrogens (tertiary/aromatic N) is 5. The number of rotatable bonds is 6. The number of nitrogens with one attached hydrogen (secondary N) is 1. The first-order valence-electron chi connectivity index (χ1n) is 10.6. The molecule has 0 atom stereocenters. The average molecular weight is 530 g/mol. The maximum Gasteiger partial charge on any atom is 0.420 e. The number of anilines is 1. The van der Waals surface area contributed by atoms with Gasteiger partial charge < -0.3 is 15.6 Å². The Hall–Kier alpha value is -2.74. The van der Waals surface area contributed by atoms with Crippen molar-refractivity contribution in [1.29, 1.82) is 0 Å². The summed E-state index contributed by atoms with van der Waals surface area (Å²) in [7, 11) is -3.29. The molecule has 2 aromatic heterocycles. The van der Waals surface area contributed by atoms with Gasteiger partial charge in [-0.2, -0.15) is 13.2 Å². The molecular formula is C21H23ClF3N7O2S. The summed E-state index contributed by atoms with van der Waals surface area (Å²) in [4.78, 5) is 12.1. The largest absolute Gasteiger partial charge is 0.420 e. The van der Waals surface area contributed by atoms with Gasteiger partial charge in [-0.15, -0.1) is 0 Å². The van der Waals surface area contributed by atoms with E-state index in [0.717, 1.165) is 18.0 Å². The van der Waals surface area contributed by atoms with Gasteiger partial charge in [-0.3, -0.25) is 0 Å². The van der Waals surface area contributed by atoms with Crippen LogP contribution in [0.1, 0.15) is 24.0 Å². The van der Waals surface area contributed by atoms with Crippen molar-refractivity contribution in [3.8, 4) is 17.1 Å². The lowest BCUT2D eigenvalue weighted by Crippen LogP contribution is -2.42. The number of sulfonamides is 1. The normalized spacial score (nSPS) is 15.9. The Balaban J connectivity index is 1.62. The molecule has 14 heteroatoms. The van der Waals surface area contributed by atoms with Crippen LogP contribution in [0.5, 0.6) is 0 Å². The predicted molar refractivity (Wildman–Crippen MR) is 126 cm³/mol. The fourth-order valence-electron chi connectivity index (χ4n) is 3.83. The minimum Gasteiger partial charge on any atom is -0.351 e. The van der Waals surface area contributed by atoms with Crippen LogP contribution in [0.15, 0.2) is 36.9 Å². The van der Waals surface area contributed by atoms with Crippen LogP contribution in [0.4, 0.5) is 19.1 Å². The lowest BCUT2D eigenvalue weighted by molar-refractivity contribution is -0.137. The number of nitrogens with two attached hydrogens (primary N) is 1. The van der Waals surface area contributed by atoms with Gasteiger partial charge >= 0.3 is 6.18 Å². The first kappa shape index (κ1) is 25.4. The SMILES string of the molecule is CS(=O)(=O)N1CCC(Nc2ncc(C(F)(F)F)c(-c3cn(-c4ccc(CN)cc4Cl)cn3)n2)CC1. The van der Waals surface area contributed by atoms with E-state index in [4.69, 9.17) is 17.3 Å². The van der Waals surface area contributed by atoms with Crippen LogP contribution >= 0.6 is 11.6 Å². The second-order valence-corrected chi connectivity index (χ2v) is 10.6. The molecule has 0 unspecified atom stereocenters. The molecule has 3 heterocycles. The molecule has 188 valence electrons. The van der Waals surface area contributed by atoms with Crippen molar-refractivity contribution in [3.05, 3.63) is 53.1 Å². The van der Waals surface area contributed by atoms with Crippen molar-refractivity contribution < 1.29 is 21.6 Å². The van der Waals surface area contributed by atoms with E-state index in [-0.39, 0.29) is 23.4 Å². The first-order chi connectivity index (χ1) is 16.5. The van der Waals surface area contributed by atoms with E-state index in [0.29, 0.717) is 43.2 Å². The molecular weight excluding hydrogens is 507 g/mol. The van der Waals surface area contributed by atoms with Gasteiger partial charge in [0.2, 0.25) is 16.0 Å². The van der Waals surface area contributed by atoms with Crippen LogP contribution in [0.3, 0.4) is 0 Å². The highest BCUT2D eigenvalue weighted by molar-refractivity contribution is 7.88. The number of benzene rings is 1. The maximum atomic E-state index is 13.7. The van der Waals surface area contributed by atoms with Gasteiger partial charge in [0.05, 0.1) is 17.0 Å². The second-order valence-electron chi connectivity index (χ2n) is 8.19. The summed E-state index contributed by atoms with van der Waals surface area (Å²) >= 11 is 6.31. The predicted octanol–water partition coefficient (Wildman–Crippen LogP) is 3.30. The van der Waals surface area contributed by atoms with Gasteiger partial charge in [-0.1, -0.05) is 17.7 Å². The molecule has 0 amide bonds. The van der Waals surface area contributed by atoms with E-state index >= 15 is 0 Å².